The van der Waals surface area contributed by atoms with Crippen LogP contribution in [0.4, 0.5) is 0 Å². The minimum Gasteiger partial charge on any atom is -0.466 e. The maximum absolute atomic E-state index is 9.82. The van der Waals surface area contributed by atoms with Gasteiger partial charge in [-0.2, -0.15) is 0 Å². The Morgan fingerprint density at radius 2 is 1.67 bits per heavy atom. The van der Waals surface area contributed by atoms with E-state index in [1.165, 1.54) is 6.92 Å². The summed E-state index contributed by atoms with van der Waals surface area (Å²) < 4.78 is 4.40. The Bertz CT molecular complexity index is 84.4. The van der Waals surface area contributed by atoms with Crippen LogP contribution in [0.5, 0.6) is 0 Å². The molecule has 4 heteroatoms. The topological polar surface area (TPSA) is 69.8 Å². The van der Waals surface area contributed by atoms with Gasteiger partial charge in [-0.1, -0.05) is 13.8 Å². The molecule has 0 saturated heterocycles. The van der Waals surface area contributed by atoms with E-state index in [0.717, 1.165) is 13.1 Å². The normalized spacial score (nSPS) is 7.33. The van der Waals surface area contributed by atoms with Crippen LogP contribution >= 0.6 is 0 Å². The number of hydrogen-bond donors (Lipinski definition) is 1. The van der Waals surface area contributed by atoms with Crippen molar-refractivity contribution in [1.82, 2.24) is 5.32 Å². The molecule has 0 fully saturated rings. The Hall–Kier alpha value is -0.610. The van der Waals surface area contributed by atoms with Crippen LogP contribution < -0.4 is 5.32 Å². The molecule has 4 nitrogen and oxygen atoms in total. The first-order chi connectivity index (χ1) is 5.18. The minimum absolute atomic E-state index is 0. The lowest BCUT2D eigenvalue weighted by Gasteiger charge is -1.89. The van der Waals surface area contributed by atoms with Crippen molar-refractivity contribution in [3.8, 4) is 0 Å². The fourth-order valence-corrected chi connectivity index (χ4v) is 0.453. The van der Waals surface area contributed by atoms with Crippen molar-refractivity contribution >= 4 is 5.97 Å². The van der Waals surface area contributed by atoms with Gasteiger partial charge in [-0.3, -0.25) is 4.79 Å². The van der Waals surface area contributed by atoms with Crippen LogP contribution in [0.25, 0.3) is 0 Å². The molecule has 0 aliphatic carbocycles. The van der Waals surface area contributed by atoms with E-state index in [1.54, 1.807) is 6.92 Å². The average Bonchev–Trinajstić information content (AvgIpc) is 1.90. The number of hydrogen-bond acceptors (Lipinski definition) is 3. The maximum atomic E-state index is 9.82. The summed E-state index contributed by atoms with van der Waals surface area (Å²) >= 11 is 0. The molecule has 0 amide bonds. The summed E-state index contributed by atoms with van der Waals surface area (Å²) in [5, 5.41) is 3.11. The maximum Gasteiger partial charge on any atom is 0.302 e. The van der Waals surface area contributed by atoms with E-state index in [4.69, 9.17) is 0 Å². The zero-order valence-corrected chi connectivity index (χ0v) is 8.44. The van der Waals surface area contributed by atoms with Gasteiger partial charge in [0.2, 0.25) is 0 Å². The lowest BCUT2D eigenvalue weighted by atomic mass is 10.7. The van der Waals surface area contributed by atoms with Gasteiger partial charge in [-0.25, -0.2) is 0 Å². The Labute approximate surface area is 74.6 Å². The Balaban J connectivity index is -0.000000126. The third-order valence-corrected chi connectivity index (χ3v) is 0.848. The highest BCUT2D eigenvalue weighted by Gasteiger charge is 1.81. The highest BCUT2D eigenvalue weighted by Crippen LogP contribution is 1.69. The van der Waals surface area contributed by atoms with Crippen LogP contribution in [0.1, 0.15) is 27.7 Å². The molecule has 0 heterocycles. The second-order valence-electron chi connectivity index (χ2n) is 1.88. The molecule has 0 aliphatic rings. The molecular weight excluding hydrogens is 158 g/mol. The standard InChI is InChI=1S/C4H11N.C4H8O2.H2O/c1-3-5-4-2;1-3-6-4(2)5;/h5H,3-4H2,1-2H3;3H2,1-2H3;1H2. The first-order valence-corrected chi connectivity index (χ1v) is 4.03. The number of carbonyl (C=O) groups excluding carboxylic acids is 1. The van der Waals surface area contributed by atoms with Gasteiger partial charge >= 0.3 is 5.97 Å². The fraction of sp³-hybridized carbons (Fsp3) is 0.875. The first-order valence-electron chi connectivity index (χ1n) is 4.03. The average molecular weight is 179 g/mol. The number of nitrogens with one attached hydrogen (secondary N) is 1. The third-order valence-electron chi connectivity index (χ3n) is 0.848. The second-order valence-corrected chi connectivity index (χ2v) is 1.88. The summed E-state index contributed by atoms with van der Waals surface area (Å²) in [5.74, 6) is -0.211. The van der Waals surface area contributed by atoms with Crippen LogP contribution in [0, 0.1) is 0 Å². The van der Waals surface area contributed by atoms with E-state index in [2.05, 4.69) is 23.9 Å². The smallest absolute Gasteiger partial charge is 0.302 e. The van der Waals surface area contributed by atoms with Gasteiger partial charge in [-0.15, -0.1) is 0 Å². The number of ether oxygens (including phenoxy) is 1. The Morgan fingerprint density at radius 1 is 1.25 bits per heavy atom. The zero-order chi connectivity index (χ0) is 9.11. The van der Waals surface area contributed by atoms with Crippen LogP contribution in [0.15, 0.2) is 0 Å². The molecule has 0 spiro atoms. The molecule has 3 N–H and O–H groups in total. The highest BCUT2D eigenvalue weighted by molar-refractivity contribution is 5.65. The Kier molecular flexibility index (Phi) is 24.4. The number of carbonyl (C=O) groups is 1. The summed E-state index contributed by atoms with van der Waals surface area (Å²) in [5.41, 5.74) is 0. The van der Waals surface area contributed by atoms with Gasteiger partial charge in [0.05, 0.1) is 6.61 Å². The van der Waals surface area contributed by atoms with E-state index in [0.29, 0.717) is 6.61 Å². The molecule has 76 valence electrons. The van der Waals surface area contributed by atoms with Crippen molar-refractivity contribution in [2.75, 3.05) is 19.7 Å². The van der Waals surface area contributed by atoms with Gasteiger partial charge in [0.1, 0.15) is 0 Å². The zero-order valence-electron chi connectivity index (χ0n) is 8.44. The van der Waals surface area contributed by atoms with Crippen molar-refractivity contribution in [3.05, 3.63) is 0 Å². The van der Waals surface area contributed by atoms with E-state index in [1.807, 2.05) is 0 Å². The molecule has 0 aliphatic heterocycles. The van der Waals surface area contributed by atoms with Gasteiger partial charge in [0, 0.05) is 6.92 Å². The molecule has 12 heavy (non-hydrogen) atoms. The molecular formula is C8H21NO3. The summed E-state index contributed by atoms with van der Waals surface area (Å²) in [6, 6.07) is 0. The van der Waals surface area contributed by atoms with E-state index in [-0.39, 0.29) is 11.4 Å². The predicted molar refractivity (Wildman–Crippen MR) is 50.1 cm³/mol. The van der Waals surface area contributed by atoms with Crippen molar-refractivity contribution in [3.63, 3.8) is 0 Å². The molecule has 0 aromatic rings. The molecule has 0 aromatic heterocycles. The van der Waals surface area contributed by atoms with E-state index < -0.39 is 0 Å². The number of esters is 1. The molecule has 0 radical (unpaired) electrons. The molecule has 0 aromatic carbocycles. The summed E-state index contributed by atoms with van der Waals surface area (Å²) in [6.45, 7) is 10.0. The molecule has 0 unspecified atom stereocenters. The van der Waals surface area contributed by atoms with Gasteiger partial charge in [0.25, 0.3) is 0 Å². The van der Waals surface area contributed by atoms with Crippen molar-refractivity contribution < 1.29 is 15.0 Å². The molecule has 0 saturated carbocycles. The summed E-state index contributed by atoms with van der Waals surface area (Å²) in [4.78, 5) is 9.82. The molecule has 0 atom stereocenters. The lowest BCUT2D eigenvalue weighted by Crippen LogP contribution is -2.09. The largest absolute Gasteiger partial charge is 0.466 e. The lowest BCUT2D eigenvalue weighted by molar-refractivity contribution is -0.140. The number of rotatable bonds is 3. The van der Waals surface area contributed by atoms with Crippen molar-refractivity contribution in [2.45, 2.75) is 27.7 Å². The van der Waals surface area contributed by atoms with E-state index in [9.17, 15) is 4.79 Å². The van der Waals surface area contributed by atoms with Gasteiger partial charge in [0.15, 0.2) is 0 Å². The van der Waals surface area contributed by atoms with Crippen molar-refractivity contribution in [1.29, 1.82) is 0 Å². The summed E-state index contributed by atoms with van der Waals surface area (Å²) in [6.07, 6.45) is 0. The third kappa shape index (κ3) is 34.3. The van der Waals surface area contributed by atoms with Crippen LogP contribution in [0.3, 0.4) is 0 Å². The molecule has 0 rings (SSSR count). The quantitative estimate of drug-likeness (QED) is 0.636. The predicted octanol–water partition coefficient (Wildman–Crippen LogP) is 0.360. The van der Waals surface area contributed by atoms with Gasteiger partial charge < -0.3 is 15.5 Å². The van der Waals surface area contributed by atoms with Crippen LogP contribution in [0.2, 0.25) is 0 Å². The SMILES string of the molecule is CCNCC.CCOC(C)=O.O. The Morgan fingerprint density at radius 3 is 1.67 bits per heavy atom. The van der Waals surface area contributed by atoms with E-state index >= 15 is 0 Å². The van der Waals surface area contributed by atoms with Crippen LogP contribution in [-0.2, 0) is 9.53 Å². The monoisotopic (exact) mass is 179 g/mol. The minimum atomic E-state index is -0.211. The molecule has 0 bridgehead atoms. The first kappa shape index (κ1) is 17.5. The second kappa shape index (κ2) is 16.8. The highest BCUT2D eigenvalue weighted by atomic mass is 16.5. The van der Waals surface area contributed by atoms with Crippen molar-refractivity contribution in [2.24, 2.45) is 0 Å². The van der Waals surface area contributed by atoms with Crippen LogP contribution in [-0.4, -0.2) is 31.1 Å². The summed E-state index contributed by atoms with van der Waals surface area (Å²) in [7, 11) is 0. The fourth-order valence-electron chi connectivity index (χ4n) is 0.453. The van der Waals surface area contributed by atoms with Gasteiger partial charge in [-0.05, 0) is 20.0 Å².